The minimum atomic E-state index is -0.451. The Kier molecular flexibility index (Phi) is 4.05. The monoisotopic (exact) mass is 290 g/mol. The molecule has 1 aromatic rings. The van der Waals surface area contributed by atoms with Gasteiger partial charge in [0.2, 0.25) is 0 Å². The molecule has 1 saturated heterocycles. The van der Waals surface area contributed by atoms with E-state index in [0.717, 1.165) is 39.3 Å². The van der Waals surface area contributed by atoms with E-state index in [1.165, 1.54) is 6.33 Å². The van der Waals surface area contributed by atoms with Crippen LogP contribution in [0, 0.1) is 0 Å². The normalized spacial score (nSPS) is 30.3. The second-order valence-electron chi connectivity index (χ2n) is 5.56. The molecule has 2 unspecified atom stereocenters. The third kappa shape index (κ3) is 2.85. The van der Waals surface area contributed by atoms with Gasteiger partial charge < -0.3 is 16.2 Å². The van der Waals surface area contributed by atoms with Gasteiger partial charge in [-0.2, -0.15) is 5.10 Å². The first-order valence-electron chi connectivity index (χ1n) is 7.28. The second-order valence-corrected chi connectivity index (χ2v) is 5.56. The highest BCUT2D eigenvalue weighted by molar-refractivity contribution is 5.30. The van der Waals surface area contributed by atoms with Crippen molar-refractivity contribution in [1.82, 2.24) is 19.7 Å². The SMILES string of the molecule is NC1=CC(CCN2CCOCC2)(n2cncn2)C(N)C=C1. The van der Waals surface area contributed by atoms with Crippen LogP contribution < -0.4 is 11.5 Å². The Labute approximate surface area is 124 Å². The van der Waals surface area contributed by atoms with Gasteiger partial charge in [-0.1, -0.05) is 6.08 Å². The molecule has 0 amide bonds. The Morgan fingerprint density at radius 2 is 2.19 bits per heavy atom. The summed E-state index contributed by atoms with van der Waals surface area (Å²) < 4.78 is 7.22. The van der Waals surface area contributed by atoms with Crippen molar-refractivity contribution in [3.05, 3.63) is 36.6 Å². The minimum absolute atomic E-state index is 0.174. The van der Waals surface area contributed by atoms with E-state index in [2.05, 4.69) is 15.0 Å². The van der Waals surface area contributed by atoms with Gasteiger partial charge in [0.15, 0.2) is 0 Å². The van der Waals surface area contributed by atoms with Crippen LogP contribution in [0.2, 0.25) is 0 Å². The Hall–Kier alpha value is -1.70. The van der Waals surface area contributed by atoms with Gasteiger partial charge in [-0.05, 0) is 18.6 Å². The van der Waals surface area contributed by atoms with Crippen molar-refractivity contribution < 1.29 is 4.74 Å². The molecule has 7 heteroatoms. The fourth-order valence-electron chi connectivity index (χ4n) is 2.97. The lowest BCUT2D eigenvalue weighted by atomic mass is 9.82. The van der Waals surface area contributed by atoms with Crippen molar-refractivity contribution in [2.24, 2.45) is 11.5 Å². The number of nitrogens with zero attached hydrogens (tertiary/aromatic N) is 4. The van der Waals surface area contributed by atoms with Crippen LogP contribution in [0.15, 0.2) is 36.6 Å². The summed E-state index contributed by atoms with van der Waals surface area (Å²) in [5, 5.41) is 4.31. The quantitative estimate of drug-likeness (QED) is 0.771. The molecule has 1 aromatic heterocycles. The molecule has 2 atom stereocenters. The molecule has 2 aliphatic rings. The summed E-state index contributed by atoms with van der Waals surface area (Å²) in [5.74, 6) is 0. The summed E-state index contributed by atoms with van der Waals surface area (Å²) in [7, 11) is 0. The van der Waals surface area contributed by atoms with Gasteiger partial charge >= 0.3 is 0 Å². The largest absolute Gasteiger partial charge is 0.399 e. The lowest BCUT2D eigenvalue weighted by Gasteiger charge is -2.39. The minimum Gasteiger partial charge on any atom is -0.399 e. The smallest absolute Gasteiger partial charge is 0.137 e. The summed E-state index contributed by atoms with van der Waals surface area (Å²) in [6.45, 7) is 4.42. The highest BCUT2D eigenvalue weighted by atomic mass is 16.5. The van der Waals surface area contributed by atoms with Gasteiger partial charge in [0.05, 0.1) is 19.3 Å². The van der Waals surface area contributed by atoms with Crippen molar-refractivity contribution in [3.8, 4) is 0 Å². The van der Waals surface area contributed by atoms with Crippen molar-refractivity contribution in [2.45, 2.75) is 18.0 Å². The van der Waals surface area contributed by atoms with Crippen LogP contribution in [0.3, 0.4) is 0 Å². The predicted molar refractivity (Wildman–Crippen MR) is 79.3 cm³/mol. The van der Waals surface area contributed by atoms with Crippen LogP contribution >= 0.6 is 0 Å². The molecule has 3 rings (SSSR count). The van der Waals surface area contributed by atoms with Gasteiger partial charge in [-0.3, -0.25) is 4.90 Å². The van der Waals surface area contributed by atoms with Crippen molar-refractivity contribution in [1.29, 1.82) is 0 Å². The average molecular weight is 290 g/mol. The fraction of sp³-hybridized carbons (Fsp3) is 0.571. The molecule has 7 nitrogen and oxygen atoms in total. The first-order valence-corrected chi connectivity index (χ1v) is 7.28. The van der Waals surface area contributed by atoms with Crippen LogP contribution in [0.1, 0.15) is 6.42 Å². The van der Waals surface area contributed by atoms with Gasteiger partial charge in [-0.15, -0.1) is 0 Å². The summed E-state index contributed by atoms with van der Waals surface area (Å²) in [5.41, 5.74) is 12.6. The first kappa shape index (κ1) is 14.2. The Morgan fingerprint density at radius 3 is 2.90 bits per heavy atom. The Morgan fingerprint density at radius 1 is 1.38 bits per heavy atom. The van der Waals surface area contributed by atoms with E-state index in [1.54, 1.807) is 6.33 Å². The van der Waals surface area contributed by atoms with E-state index in [4.69, 9.17) is 16.2 Å². The Balaban J connectivity index is 1.81. The molecule has 1 aliphatic carbocycles. The number of morpholine rings is 1. The fourth-order valence-corrected chi connectivity index (χ4v) is 2.97. The third-order valence-corrected chi connectivity index (χ3v) is 4.27. The van der Waals surface area contributed by atoms with Crippen molar-refractivity contribution in [2.75, 3.05) is 32.8 Å². The number of aromatic nitrogens is 3. The maximum atomic E-state index is 6.36. The molecule has 0 saturated carbocycles. The number of allylic oxidation sites excluding steroid dienone is 1. The molecule has 1 fully saturated rings. The van der Waals surface area contributed by atoms with E-state index in [0.29, 0.717) is 5.70 Å². The predicted octanol–water partition coefficient (Wildman–Crippen LogP) is -0.565. The zero-order chi connectivity index (χ0) is 14.7. The molecule has 4 N–H and O–H groups in total. The molecule has 0 aromatic carbocycles. The maximum Gasteiger partial charge on any atom is 0.137 e. The van der Waals surface area contributed by atoms with Crippen LogP contribution in [-0.4, -0.2) is 58.6 Å². The Bertz CT molecular complexity index is 520. The number of hydrogen-bond donors (Lipinski definition) is 2. The average Bonchev–Trinajstić information content (AvgIpc) is 3.04. The van der Waals surface area contributed by atoms with Crippen LogP contribution in [0.5, 0.6) is 0 Å². The van der Waals surface area contributed by atoms with Crippen LogP contribution in [0.4, 0.5) is 0 Å². The third-order valence-electron chi connectivity index (χ3n) is 4.27. The molecule has 114 valence electrons. The summed E-state index contributed by atoms with van der Waals surface area (Å²) in [6, 6.07) is -0.174. The van der Waals surface area contributed by atoms with Gasteiger partial charge in [0.25, 0.3) is 0 Å². The number of rotatable bonds is 4. The zero-order valence-corrected chi connectivity index (χ0v) is 12.1. The van der Waals surface area contributed by atoms with E-state index in [9.17, 15) is 0 Å². The van der Waals surface area contributed by atoms with Gasteiger partial charge in [-0.25, -0.2) is 9.67 Å². The summed E-state index contributed by atoms with van der Waals surface area (Å²) >= 11 is 0. The molecular weight excluding hydrogens is 268 g/mol. The number of nitrogens with two attached hydrogens (primary N) is 2. The lowest BCUT2D eigenvalue weighted by Crippen LogP contribution is -2.52. The van der Waals surface area contributed by atoms with E-state index >= 15 is 0 Å². The highest BCUT2D eigenvalue weighted by Gasteiger charge is 2.38. The topological polar surface area (TPSA) is 95.2 Å². The van der Waals surface area contributed by atoms with E-state index < -0.39 is 5.54 Å². The number of hydrogen-bond acceptors (Lipinski definition) is 6. The molecule has 0 spiro atoms. The molecule has 0 radical (unpaired) electrons. The summed E-state index contributed by atoms with van der Waals surface area (Å²) in [4.78, 5) is 6.45. The van der Waals surface area contributed by atoms with Gasteiger partial charge in [0, 0.05) is 25.3 Å². The van der Waals surface area contributed by atoms with E-state index in [1.807, 2.05) is 22.9 Å². The molecule has 21 heavy (non-hydrogen) atoms. The summed E-state index contributed by atoms with van der Waals surface area (Å²) in [6.07, 6.45) is 9.88. The lowest BCUT2D eigenvalue weighted by molar-refractivity contribution is 0.0325. The van der Waals surface area contributed by atoms with Crippen LogP contribution in [-0.2, 0) is 10.3 Å². The van der Waals surface area contributed by atoms with Gasteiger partial charge in [0.1, 0.15) is 18.2 Å². The van der Waals surface area contributed by atoms with Crippen LogP contribution in [0.25, 0.3) is 0 Å². The van der Waals surface area contributed by atoms with Crippen molar-refractivity contribution >= 4 is 0 Å². The maximum absolute atomic E-state index is 6.36. The van der Waals surface area contributed by atoms with E-state index in [-0.39, 0.29) is 6.04 Å². The number of ether oxygens (including phenoxy) is 1. The first-order chi connectivity index (χ1) is 10.2. The zero-order valence-electron chi connectivity index (χ0n) is 12.1. The highest BCUT2D eigenvalue weighted by Crippen LogP contribution is 2.30. The molecular formula is C14H22N6O. The molecule has 2 heterocycles. The molecule has 1 aliphatic heterocycles. The van der Waals surface area contributed by atoms with Crippen molar-refractivity contribution in [3.63, 3.8) is 0 Å². The standard InChI is InChI=1S/C14H22N6O/c15-12-1-2-13(16)14(9-12,20-11-17-10-18-20)3-4-19-5-7-21-8-6-19/h1-2,9-11,13H,3-8,15-16H2. The molecule has 0 bridgehead atoms. The second kappa shape index (κ2) is 5.97.